The molecule has 0 fully saturated rings. The highest BCUT2D eigenvalue weighted by Crippen LogP contribution is 2.31. The lowest BCUT2D eigenvalue weighted by Gasteiger charge is -2.02. The summed E-state index contributed by atoms with van der Waals surface area (Å²) in [6.45, 7) is 0. The zero-order valence-electron chi connectivity index (χ0n) is 6.48. The second-order valence-electron chi connectivity index (χ2n) is 2.63. The zero-order valence-corrected chi connectivity index (χ0v) is 11.0. The molecule has 0 aliphatic rings. The Balaban J connectivity index is 2.85. The summed E-state index contributed by atoms with van der Waals surface area (Å²) in [5.74, 6) is -0.119. The molecule has 0 N–H and O–H groups in total. The van der Waals surface area contributed by atoms with E-state index in [-0.39, 0.29) is 5.82 Å². The van der Waals surface area contributed by atoms with Gasteiger partial charge in [-0.3, -0.25) is 0 Å². The zero-order chi connectivity index (χ0) is 9.42. The molecular formula is C9H5BrFIS. The predicted molar refractivity (Wildman–Crippen MR) is 67.1 cm³/mol. The number of rotatable bonds is 1. The van der Waals surface area contributed by atoms with E-state index in [9.17, 15) is 4.39 Å². The average molecular weight is 371 g/mol. The largest absolute Gasteiger partial charge is 0.206 e. The van der Waals surface area contributed by atoms with E-state index >= 15 is 0 Å². The Morgan fingerprint density at radius 2 is 2.31 bits per heavy atom. The Morgan fingerprint density at radius 1 is 1.54 bits per heavy atom. The first-order chi connectivity index (χ1) is 6.24. The highest BCUT2D eigenvalue weighted by atomic mass is 127. The van der Waals surface area contributed by atoms with Crippen LogP contribution in [0, 0.1) is 9.39 Å². The summed E-state index contributed by atoms with van der Waals surface area (Å²) in [6.07, 6.45) is 0. The first-order valence-electron chi connectivity index (χ1n) is 3.64. The molecule has 0 spiro atoms. The van der Waals surface area contributed by atoms with Crippen molar-refractivity contribution < 1.29 is 4.39 Å². The lowest BCUT2D eigenvalue weighted by atomic mass is 10.2. The van der Waals surface area contributed by atoms with Gasteiger partial charge in [-0.15, -0.1) is 11.3 Å². The Bertz CT molecular complexity index is 452. The van der Waals surface area contributed by atoms with E-state index in [2.05, 4.69) is 38.5 Å². The monoisotopic (exact) mass is 370 g/mol. The molecular weight excluding hydrogens is 366 g/mol. The predicted octanol–water partition coefficient (Wildman–Crippen LogP) is 4.54. The molecule has 0 nitrogen and oxygen atoms in total. The Hall–Kier alpha value is 0.320. The standard InChI is InChI=1S/C9H5BrFIS/c10-4-5-3-7(11)6-1-2-13-9(6)8(5)12/h1-3H,4H2. The van der Waals surface area contributed by atoms with Gasteiger partial charge >= 0.3 is 0 Å². The molecule has 2 rings (SSSR count). The molecule has 0 aliphatic heterocycles. The van der Waals surface area contributed by atoms with Crippen LogP contribution in [0.25, 0.3) is 10.1 Å². The van der Waals surface area contributed by atoms with Crippen molar-refractivity contribution in [1.29, 1.82) is 0 Å². The van der Waals surface area contributed by atoms with Crippen molar-refractivity contribution in [3.8, 4) is 0 Å². The van der Waals surface area contributed by atoms with Gasteiger partial charge < -0.3 is 0 Å². The number of hydrogen-bond donors (Lipinski definition) is 0. The van der Waals surface area contributed by atoms with Crippen LogP contribution in [-0.2, 0) is 5.33 Å². The van der Waals surface area contributed by atoms with Gasteiger partial charge in [0, 0.05) is 14.3 Å². The van der Waals surface area contributed by atoms with Crippen molar-refractivity contribution in [1.82, 2.24) is 0 Å². The SMILES string of the molecule is Fc1cc(CBr)c(I)c2sccc12. The molecule has 0 saturated carbocycles. The fourth-order valence-corrected chi connectivity index (χ4v) is 4.06. The van der Waals surface area contributed by atoms with Gasteiger partial charge in [-0.05, 0) is 45.7 Å². The lowest BCUT2D eigenvalue weighted by Crippen LogP contribution is -1.87. The fourth-order valence-electron chi connectivity index (χ4n) is 1.20. The molecule has 0 amide bonds. The van der Waals surface area contributed by atoms with E-state index in [1.165, 1.54) is 0 Å². The molecule has 1 aromatic heterocycles. The van der Waals surface area contributed by atoms with Crippen molar-refractivity contribution in [2.45, 2.75) is 5.33 Å². The van der Waals surface area contributed by atoms with E-state index in [1.807, 2.05) is 11.4 Å². The van der Waals surface area contributed by atoms with E-state index in [0.29, 0.717) is 5.33 Å². The third kappa shape index (κ3) is 1.64. The van der Waals surface area contributed by atoms with Crippen LogP contribution >= 0.6 is 49.9 Å². The molecule has 0 aliphatic carbocycles. The molecule has 0 saturated heterocycles. The van der Waals surface area contributed by atoms with E-state index in [0.717, 1.165) is 19.2 Å². The molecule has 0 radical (unpaired) electrons. The lowest BCUT2D eigenvalue weighted by molar-refractivity contribution is 0.638. The third-order valence-electron chi connectivity index (χ3n) is 1.85. The van der Waals surface area contributed by atoms with Crippen molar-refractivity contribution in [2.75, 3.05) is 0 Å². The van der Waals surface area contributed by atoms with Crippen LogP contribution in [-0.4, -0.2) is 0 Å². The van der Waals surface area contributed by atoms with Gasteiger partial charge in [-0.1, -0.05) is 15.9 Å². The Labute approximate surface area is 101 Å². The summed E-state index contributed by atoms with van der Waals surface area (Å²) in [5, 5.41) is 3.36. The summed E-state index contributed by atoms with van der Waals surface area (Å²) in [4.78, 5) is 0. The number of alkyl halides is 1. The van der Waals surface area contributed by atoms with Crippen molar-refractivity contribution in [3.05, 3.63) is 32.5 Å². The Kier molecular flexibility index (Phi) is 2.90. The highest BCUT2D eigenvalue weighted by Gasteiger charge is 2.09. The smallest absolute Gasteiger partial charge is 0.132 e. The van der Waals surface area contributed by atoms with Crippen molar-refractivity contribution in [3.63, 3.8) is 0 Å². The van der Waals surface area contributed by atoms with Crippen LogP contribution in [0.2, 0.25) is 0 Å². The van der Waals surface area contributed by atoms with Crippen LogP contribution in [0.5, 0.6) is 0 Å². The fraction of sp³-hybridized carbons (Fsp3) is 0.111. The molecule has 2 aromatic rings. The number of hydrogen-bond acceptors (Lipinski definition) is 1. The van der Waals surface area contributed by atoms with Crippen molar-refractivity contribution in [2.24, 2.45) is 0 Å². The van der Waals surface area contributed by atoms with E-state index in [1.54, 1.807) is 17.4 Å². The molecule has 4 heteroatoms. The molecule has 68 valence electrons. The van der Waals surface area contributed by atoms with Crippen LogP contribution in [0.1, 0.15) is 5.56 Å². The summed E-state index contributed by atoms with van der Waals surface area (Å²) in [7, 11) is 0. The summed E-state index contributed by atoms with van der Waals surface area (Å²) >= 11 is 7.20. The molecule has 0 unspecified atom stereocenters. The molecule has 0 bridgehead atoms. The van der Waals surface area contributed by atoms with Gasteiger partial charge in [0.15, 0.2) is 0 Å². The number of thiophene rings is 1. The maximum absolute atomic E-state index is 13.4. The topological polar surface area (TPSA) is 0 Å². The van der Waals surface area contributed by atoms with Crippen LogP contribution in [0.4, 0.5) is 4.39 Å². The van der Waals surface area contributed by atoms with Crippen LogP contribution in [0.15, 0.2) is 17.5 Å². The maximum Gasteiger partial charge on any atom is 0.132 e. The van der Waals surface area contributed by atoms with Gasteiger partial charge in [0.1, 0.15) is 5.82 Å². The minimum Gasteiger partial charge on any atom is -0.206 e. The van der Waals surface area contributed by atoms with Crippen LogP contribution < -0.4 is 0 Å². The van der Waals surface area contributed by atoms with Gasteiger partial charge in [-0.25, -0.2) is 4.39 Å². The number of halogens is 3. The summed E-state index contributed by atoms with van der Waals surface area (Å²) < 4.78 is 15.6. The van der Waals surface area contributed by atoms with Crippen molar-refractivity contribution >= 4 is 59.9 Å². The van der Waals surface area contributed by atoms with Crippen LogP contribution in [0.3, 0.4) is 0 Å². The minimum atomic E-state index is -0.119. The first kappa shape index (κ1) is 9.86. The summed E-state index contributed by atoms with van der Waals surface area (Å²) in [6, 6.07) is 3.43. The first-order valence-corrected chi connectivity index (χ1v) is 6.72. The number of benzene rings is 1. The van der Waals surface area contributed by atoms with E-state index in [4.69, 9.17) is 0 Å². The molecule has 0 atom stereocenters. The second-order valence-corrected chi connectivity index (χ2v) is 5.18. The molecule has 13 heavy (non-hydrogen) atoms. The average Bonchev–Trinajstić information content (AvgIpc) is 2.60. The highest BCUT2D eigenvalue weighted by molar-refractivity contribution is 14.1. The maximum atomic E-state index is 13.4. The Morgan fingerprint density at radius 3 is 3.00 bits per heavy atom. The third-order valence-corrected chi connectivity index (χ3v) is 4.98. The molecule has 1 aromatic carbocycles. The van der Waals surface area contributed by atoms with Gasteiger partial charge in [0.05, 0.1) is 4.70 Å². The second kappa shape index (κ2) is 3.82. The van der Waals surface area contributed by atoms with Gasteiger partial charge in [0.2, 0.25) is 0 Å². The normalized spacial score (nSPS) is 11.0. The summed E-state index contributed by atoms with van der Waals surface area (Å²) in [5.41, 5.74) is 1.02. The quantitative estimate of drug-likeness (QED) is 0.510. The minimum absolute atomic E-state index is 0.119. The molecule has 1 heterocycles. The van der Waals surface area contributed by atoms with Gasteiger partial charge in [0.25, 0.3) is 0 Å². The number of fused-ring (bicyclic) bond motifs is 1. The van der Waals surface area contributed by atoms with E-state index < -0.39 is 0 Å². The van der Waals surface area contributed by atoms with Gasteiger partial charge in [-0.2, -0.15) is 0 Å².